The van der Waals surface area contributed by atoms with Crippen LogP contribution in [-0.2, 0) is 9.59 Å². The quantitative estimate of drug-likeness (QED) is 0.839. The van der Waals surface area contributed by atoms with Crippen molar-refractivity contribution in [1.82, 2.24) is 14.7 Å². The van der Waals surface area contributed by atoms with E-state index in [-0.39, 0.29) is 24.1 Å². The van der Waals surface area contributed by atoms with Crippen LogP contribution in [0.25, 0.3) is 5.69 Å². The van der Waals surface area contributed by atoms with Crippen molar-refractivity contribution in [3.05, 3.63) is 41.8 Å². The number of halogens is 1. The topological polar surface area (TPSA) is 87.5 Å². The molecule has 1 amide bonds. The number of likely N-dealkylation sites (tertiary alicyclic amines) is 1. The average Bonchev–Trinajstić information content (AvgIpc) is 2.94. The number of aryl methyl sites for hydroxylation is 1. The molecule has 144 valence electrons. The van der Waals surface area contributed by atoms with Crippen molar-refractivity contribution in [2.24, 2.45) is 11.8 Å². The third kappa shape index (κ3) is 4.51. The van der Waals surface area contributed by atoms with E-state index < -0.39 is 17.7 Å². The van der Waals surface area contributed by atoms with Crippen LogP contribution in [0.2, 0.25) is 0 Å². The second-order valence-corrected chi connectivity index (χ2v) is 7.15. The first-order valence-electron chi connectivity index (χ1n) is 8.90. The van der Waals surface area contributed by atoms with E-state index in [0.29, 0.717) is 31.0 Å². The van der Waals surface area contributed by atoms with Gasteiger partial charge in [-0.25, -0.2) is 9.07 Å². The number of hydrogen-bond acceptors (Lipinski definition) is 4. The average molecular weight is 374 g/mol. The summed E-state index contributed by atoms with van der Waals surface area (Å²) in [6, 6.07) is 7.87. The molecular formula is C19H23FN4O3. The fourth-order valence-electron chi connectivity index (χ4n) is 3.55. The lowest BCUT2D eigenvalue weighted by Crippen LogP contribution is -2.45. The normalized spacial score (nSPS) is 20.4. The number of nitrogens with one attached hydrogen (secondary N) is 1. The number of anilines is 1. The van der Waals surface area contributed by atoms with E-state index in [1.165, 1.54) is 10.7 Å². The number of nitrogens with zero attached hydrogens (tertiary/aromatic N) is 3. The second kappa shape index (κ2) is 7.87. The van der Waals surface area contributed by atoms with Crippen molar-refractivity contribution in [3.8, 4) is 5.69 Å². The first-order chi connectivity index (χ1) is 12.8. The number of amides is 1. The fourth-order valence-corrected chi connectivity index (χ4v) is 3.55. The van der Waals surface area contributed by atoms with Crippen LogP contribution in [0, 0.1) is 24.6 Å². The highest BCUT2D eigenvalue weighted by atomic mass is 19.1. The predicted molar refractivity (Wildman–Crippen MR) is 98.2 cm³/mol. The number of aromatic nitrogens is 2. The Labute approximate surface area is 156 Å². The smallest absolute Gasteiger partial charge is 0.307 e. The zero-order valence-electron chi connectivity index (χ0n) is 15.4. The molecule has 0 aliphatic carbocycles. The minimum absolute atomic E-state index is 0.0790. The molecule has 0 saturated carbocycles. The standard InChI is InChI=1S/C19H23FN4O3/c1-12-7-14(19(26)27)10-23(9-12)11-18(25)21-17-8-13(2)22-24(17)16-6-4-3-5-15(16)20/h3-6,8,12,14H,7,9-11H2,1-2H3,(H,21,25)(H,26,27). The molecule has 0 radical (unpaired) electrons. The monoisotopic (exact) mass is 374 g/mol. The van der Waals surface area contributed by atoms with Gasteiger partial charge >= 0.3 is 5.97 Å². The molecule has 8 heteroatoms. The number of carboxylic acids is 1. The molecule has 1 aromatic carbocycles. The Morgan fingerprint density at radius 2 is 2.07 bits per heavy atom. The summed E-state index contributed by atoms with van der Waals surface area (Å²) in [4.78, 5) is 25.6. The summed E-state index contributed by atoms with van der Waals surface area (Å²) in [6.45, 7) is 4.84. The van der Waals surface area contributed by atoms with E-state index in [0.717, 1.165) is 0 Å². The summed E-state index contributed by atoms with van der Waals surface area (Å²) in [5, 5.41) is 16.3. The van der Waals surface area contributed by atoms with Crippen LogP contribution in [0.5, 0.6) is 0 Å². The summed E-state index contributed by atoms with van der Waals surface area (Å²) >= 11 is 0. The number of aliphatic carboxylic acids is 1. The summed E-state index contributed by atoms with van der Waals surface area (Å²) in [6.07, 6.45) is 0.618. The first-order valence-corrected chi connectivity index (χ1v) is 8.90. The molecule has 1 aromatic heterocycles. The van der Waals surface area contributed by atoms with E-state index in [1.807, 2.05) is 11.8 Å². The Morgan fingerprint density at radius 1 is 1.33 bits per heavy atom. The van der Waals surface area contributed by atoms with Gasteiger partial charge in [0.2, 0.25) is 5.91 Å². The second-order valence-electron chi connectivity index (χ2n) is 7.15. The Morgan fingerprint density at radius 3 is 2.78 bits per heavy atom. The van der Waals surface area contributed by atoms with Crippen molar-refractivity contribution < 1.29 is 19.1 Å². The SMILES string of the molecule is Cc1cc(NC(=O)CN2CC(C)CC(C(=O)O)C2)n(-c2ccccc2F)n1. The van der Waals surface area contributed by atoms with Gasteiger partial charge in [0.25, 0.3) is 0 Å². The molecule has 2 unspecified atom stereocenters. The predicted octanol–water partition coefficient (Wildman–Crippen LogP) is 2.30. The molecule has 1 aliphatic heterocycles. The van der Waals surface area contributed by atoms with Gasteiger partial charge in [-0.15, -0.1) is 0 Å². The molecule has 0 spiro atoms. The van der Waals surface area contributed by atoms with Crippen LogP contribution in [-0.4, -0.2) is 51.3 Å². The van der Waals surface area contributed by atoms with Gasteiger partial charge in [0.15, 0.2) is 0 Å². The van der Waals surface area contributed by atoms with Crippen molar-refractivity contribution in [2.75, 3.05) is 25.0 Å². The van der Waals surface area contributed by atoms with Gasteiger partial charge in [-0.3, -0.25) is 14.5 Å². The summed E-state index contributed by atoms with van der Waals surface area (Å²) in [7, 11) is 0. The maximum Gasteiger partial charge on any atom is 0.307 e. The number of carbonyl (C=O) groups excluding carboxylic acids is 1. The third-order valence-corrected chi connectivity index (χ3v) is 4.63. The molecular weight excluding hydrogens is 351 g/mol. The van der Waals surface area contributed by atoms with Crippen molar-refractivity contribution in [2.45, 2.75) is 20.3 Å². The van der Waals surface area contributed by atoms with E-state index in [2.05, 4.69) is 10.4 Å². The molecule has 2 N–H and O–H groups in total. The largest absolute Gasteiger partial charge is 0.481 e. The summed E-state index contributed by atoms with van der Waals surface area (Å²) in [5.74, 6) is -1.44. The summed E-state index contributed by atoms with van der Waals surface area (Å²) in [5.41, 5.74) is 0.893. The molecule has 7 nitrogen and oxygen atoms in total. The van der Waals surface area contributed by atoms with Crippen LogP contribution in [0.1, 0.15) is 19.0 Å². The number of carboxylic acid groups (broad SMARTS) is 1. The minimum Gasteiger partial charge on any atom is -0.481 e. The van der Waals surface area contributed by atoms with Crippen LogP contribution < -0.4 is 5.32 Å². The lowest BCUT2D eigenvalue weighted by molar-refractivity contribution is -0.144. The van der Waals surface area contributed by atoms with Gasteiger partial charge in [-0.2, -0.15) is 5.10 Å². The maximum absolute atomic E-state index is 14.1. The highest BCUT2D eigenvalue weighted by Gasteiger charge is 2.30. The molecule has 27 heavy (non-hydrogen) atoms. The zero-order valence-corrected chi connectivity index (χ0v) is 15.4. The lowest BCUT2D eigenvalue weighted by atomic mass is 9.90. The molecule has 2 heterocycles. The Kier molecular flexibility index (Phi) is 5.55. The van der Waals surface area contributed by atoms with Gasteiger partial charge in [0.05, 0.1) is 18.2 Å². The molecule has 0 bridgehead atoms. The lowest BCUT2D eigenvalue weighted by Gasteiger charge is -2.34. The highest BCUT2D eigenvalue weighted by Crippen LogP contribution is 2.22. The third-order valence-electron chi connectivity index (χ3n) is 4.63. The van der Waals surface area contributed by atoms with Crippen LogP contribution >= 0.6 is 0 Å². The number of benzene rings is 1. The number of hydrogen-bond donors (Lipinski definition) is 2. The number of piperidine rings is 1. The molecule has 1 aliphatic rings. The van der Waals surface area contributed by atoms with Gasteiger partial charge in [0, 0.05) is 19.2 Å². The van der Waals surface area contributed by atoms with Crippen LogP contribution in [0.4, 0.5) is 10.2 Å². The van der Waals surface area contributed by atoms with Gasteiger partial charge in [-0.1, -0.05) is 19.1 Å². The molecule has 2 aromatic rings. The maximum atomic E-state index is 14.1. The minimum atomic E-state index is -0.833. The van der Waals surface area contributed by atoms with E-state index in [9.17, 15) is 19.1 Å². The van der Waals surface area contributed by atoms with Crippen molar-refractivity contribution in [3.63, 3.8) is 0 Å². The highest BCUT2D eigenvalue weighted by molar-refractivity contribution is 5.91. The number of rotatable bonds is 5. The van der Waals surface area contributed by atoms with Crippen LogP contribution in [0.3, 0.4) is 0 Å². The van der Waals surface area contributed by atoms with Gasteiger partial charge < -0.3 is 10.4 Å². The molecule has 3 rings (SSSR count). The van der Waals surface area contributed by atoms with Crippen molar-refractivity contribution >= 4 is 17.7 Å². The zero-order chi connectivity index (χ0) is 19.6. The molecule has 1 saturated heterocycles. The Balaban J connectivity index is 1.72. The number of para-hydroxylation sites is 1. The van der Waals surface area contributed by atoms with Gasteiger partial charge in [-0.05, 0) is 31.4 Å². The molecule has 2 atom stereocenters. The van der Waals surface area contributed by atoms with Gasteiger partial charge in [0.1, 0.15) is 17.3 Å². The fraction of sp³-hybridized carbons (Fsp3) is 0.421. The first kappa shape index (κ1) is 19.0. The van der Waals surface area contributed by atoms with E-state index >= 15 is 0 Å². The van der Waals surface area contributed by atoms with E-state index in [1.54, 1.807) is 31.2 Å². The Bertz CT molecular complexity index is 851. The summed E-state index contributed by atoms with van der Waals surface area (Å²) < 4.78 is 15.5. The number of carbonyl (C=O) groups is 2. The van der Waals surface area contributed by atoms with E-state index in [4.69, 9.17) is 0 Å². The Hall–Kier alpha value is -2.74. The molecule has 1 fully saturated rings. The van der Waals surface area contributed by atoms with Crippen molar-refractivity contribution in [1.29, 1.82) is 0 Å². The van der Waals surface area contributed by atoms with Crippen LogP contribution in [0.15, 0.2) is 30.3 Å².